The first-order valence-corrected chi connectivity index (χ1v) is 8.22. The second kappa shape index (κ2) is 12.6. The Balaban J connectivity index is 4.53. The SMILES string of the molecule is CC(=O)NC(CCC(=O)O)C(=O)NCC(=O)NC(CCCCN)C(N)=O. The zero-order valence-electron chi connectivity index (χ0n) is 14.7. The van der Waals surface area contributed by atoms with Crippen LogP contribution in [0, 0.1) is 0 Å². The maximum absolute atomic E-state index is 12.0. The van der Waals surface area contributed by atoms with Crippen molar-refractivity contribution in [3.8, 4) is 0 Å². The van der Waals surface area contributed by atoms with Gasteiger partial charge >= 0.3 is 5.97 Å². The van der Waals surface area contributed by atoms with Crippen LogP contribution >= 0.6 is 0 Å². The van der Waals surface area contributed by atoms with Crippen LogP contribution in [0.2, 0.25) is 0 Å². The lowest BCUT2D eigenvalue weighted by atomic mass is 10.1. The monoisotopic (exact) mass is 373 g/mol. The van der Waals surface area contributed by atoms with Crippen LogP contribution in [-0.2, 0) is 24.0 Å². The molecule has 8 N–H and O–H groups in total. The third kappa shape index (κ3) is 11.0. The average Bonchev–Trinajstić information content (AvgIpc) is 2.55. The summed E-state index contributed by atoms with van der Waals surface area (Å²) >= 11 is 0. The van der Waals surface area contributed by atoms with Crippen molar-refractivity contribution in [2.75, 3.05) is 13.1 Å². The van der Waals surface area contributed by atoms with Gasteiger partial charge in [0.25, 0.3) is 0 Å². The van der Waals surface area contributed by atoms with E-state index in [1.54, 1.807) is 0 Å². The molecular formula is C15H27N5O6. The molecule has 0 aromatic carbocycles. The summed E-state index contributed by atoms with van der Waals surface area (Å²) in [6, 6.07) is -1.95. The molecule has 0 heterocycles. The molecule has 0 aliphatic carbocycles. The number of nitrogens with one attached hydrogen (secondary N) is 3. The molecule has 0 saturated heterocycles. The number of hydrogen-bond donors (Lipinski definition) is 6. The van der Waals surface area contributed by atoms with Crippen LogP contribution in [-0.4, -0.2) is 59.9 Å². The minimum atomic E-state index is -1.12. The predicted octanol–water partition coefficient (Wildman–Crippen LogP) is -2.43. The molecular weight excluding hydrogens is 346 g/mol. The van der Waals surface area contributed by atoms with Gasteiger partial charge in [-0.05, 0) is 32.2 Å². The van der Waals surface area contributed by atoms with Gasteiger partial charge < -0.3 is 32.5 Å². The van der Waals surface area contributed by atoms with Crippen molar-refractivity contribution in [1.82, 2.24) is 16.0 Å². The van der Waals surface area contributed by atoms with Gasteiger partial charge in [-0.15, -0.1) is 0 Å². The lowest BCUT2D eigenvalue weighted by Crippen LogP contribution is -2.51. The van der Waals surface area contributed by atoms with Crippen molar-refractivity contribution in [2.45, 2.75) is 51.1 Å². The largest absolute Gasteiger partial charge is 0.481 e. The highest BCUT2D eigenvalue weighted by Gasteiger charge is 2.22. The first-order valence-electron chi connectivity index (χ1n) is 8.22. The van der Waals surface area contributed by atoms with Gasteiger partial charge in [0.15, 0.2) is 0 Å². The molecule has 0 radical (unpaired) electrons. The number of unbranched alkanes of at least 4 members (excludes halogenated alkanes) is 1. The number of amides is 4. The first-order chi connectivity index (χ1) is 12.2. The van der Waals surface area contributed by atoms with E-state index in [4.69, 9.17) is 16.6 Å². The Labute approximate surface area is 151 Å². The van der Waals surface area contributed by atoms with Crippen molar-refractivity contribution in [3.63, 3.8) is 0 Å². The zero-order valence-corrected chi connectivity index (χ0v) is 14.7. The molecule has 11 heteroatoms. The van der Waals surface area contributed by atoms with Crippen LogP contribution in [0.3, 0.4) is 0 Å². The molecule has 2 atom stereocenters. The van der Waals surface area contributed by atoms with Gasteiger partial charge in [0.05, 0.1) is 6.54 Å². The Kier molecular flexibility index (Phi) is 11.3. The van der Waals surface area contributed by atoms with Crippen molar-refractivity contribution in [3.05, 3.63) is 0 Å². The highest BCUT2D eigenvalue weighted by Crippen LogP contribution is 2.00. The van der Waals surface area contributed by atoms with E-state index in [1.807, 2.05) is 0 Å². The Hall–Kier alpha value is -2.69. The Morgan fingerprint density at radius 3 is 2.15 bits per heavy atom. The number of aliphatic carboxylic acids is 1. The van der Waals surface area contributed by atoms with Gasteiger partial charge in [0.2, 0.25) is 23.6 Å². The van der Waals surface area contributed by atoms with Gasteiger partial charge in [-0.25, -0.2) is 0 Å². The molecule has 2 unspecified atom stereocenters. The molecule has 0 rings (SSSR count). The molecule has 0 spiro atoms. The molecule has 0 aliphatic rings. The number of carboxylic acid groups (broad SMARTS) is 1. The number of nitrogens with two attached hydrogens (primary N) is 2. The molecule has 0 aromatic rings. The maximum atomic E-state index is 12.0. The fraction of sp³-hybridized carbons (Fsp3) is 0.667. The van der Waals surface area contributed by atoms with E-state index >= 15 is 0 Å². The van der Waals surface area contributed by atoms with Crippen LogP contribution < -0.4 is 27.4 Å². The predicted molar refractivity (Wildman–Crippen MR) is 91.5 cm³/mol. The van der Waals surface area contributed by atoms with Crippen molar-refractivity contribution in [2.24, 2.45) is 11.5 Å². The number of carbonyl (C=O) groups is 5. The first kappa shape index (κ1) is 23.3. The van der Waals surface area contributed by atoms with E-state index in [1.165, 1.54) is 6.92 Å². The van der Waals surface area contributed by atoms with E-state index in [-0.39, 0.29) is 12.8 Å². The number of hydrogen-bond acceptors (Lipinski definition) is 6. The third-order valence-electron chi connectivity index (χ3n) is 3.39. The normalized spacial score (nSPS) is 12.5. The summed E-state index contributed by atoms with van der Waals surface area (Å²) in [7, 11) is 0. The van der Waals surface area contributed by atoms with Gasteiger partial charge in [0.1, 0.15) is 12.1 Å². The van der Waals surface area contributed by atoms with E-state index in [0.717, 1.165) is 0 Å². The number of carbonyl (C=O) groups excluding carboxylic acids is 4. The fourth-order valence-electron chi connectivity index (χ4n) is 2.10. The lowest BCUT2D eigenvalue weighted by molar-refractivity contribution is -0.138. The van der Waals surface area contributed by atoms with E-state index in [2.05, 4.69) is 16.0 Å². The van der Waals surface area contributed by atoms with Crippen molar-refractivity contribution in [1.29, 1.82) is 0 Å². The van der Waals surface area contributed by atoms with Crippen LogP contribution in [0.15, 0.2) is 0 Å². The summed E-state index contributed by atoms with van der Waals surface area (Å²) in [5.74, 6) is -3.65. The fourth-order valence-corrected chi connectivity index (χ4v) is 2.10. The Bertz CT molecular complexity index is 525. The van der Waals surface area contributed by atoms with Gasteiger partial charge in [0, 0.05) is 13.3 Å². The van der Waals surface area contributed by atoms with Crippen LogP contribution in [0.1, 0.15) is 39.0 Å². The topological polar surface area (TPSA) is 194 Å². The van der Waals surface area contributed by atoms with E-state index in [9.17, 15) is 24.0 Å². The molecule has 0 fully saturated rings. The van der Waals surface area contributed by atoms with Gasteiger partial charge in [-0.1, -0.05) is 0 Å². The second-order valence-electron chi connectivity index (χ2n) is 5.71. The highest BCUT2D eigenvalue weighted by molar-refractivity contribution is 5.92. The highest BCUT2D eigenvalue weighted by atomic mass is 16.4. The maximum Gasteiger partial charge on any atom is 0.303 e. The molecule has 0 bridgehead atoms. The van der Waals surface area contributed by atoms with Gasteiger partial charge in [-0.2, -0.15) is 0 Å². The number of rotatable bonds is 13. The zero-order chi connectivity index (χ0) is 20.1. The summed E-state index contributed by atoms with van der Waals surface area (Å²) in [5, 5.41) is 15.7. The second-order valence-corrected chi connectivity index (χ2v) is 5.71. The molecule has 0 aromatic heterocycles. The van der Waals surface area contributed by atoms with E-state index < -0.39 is 48.2 Å². The quantitative estimate of drug-likeness (QED) is 0.193. The third-order valence-corrected chi connectivity index (χ3v) is 3.39. The smallest absolute Gasteiger partial charge is 0.303 e. The molecule has 0 saturated carbocycles. The minimum absolute atomic E-state index is 0.120. The Morgan fingerprint density at radius 2 is 1.65 bits per heavy atom. The molecule has 11 nitrogen and oxygen atoms in total. The lowest BCUT2D eigenvalue weighted by Gasteiger charge is -2.18. The average molecular weight is 373 g/mol. The van der Waals surface area contributed by atoms with Crippen LogP contribution in [0.4, 0.5) is 0 Å². The summed E-state index contributed by atoms with van der Waals surface area (Å²) in [6.45, 7) is 1.20. The molecule has 0 aliphatic heterocycles. The Morgan fingerprint density at radius 1 is 1.00 bits per heavy atom. The van der Waals surface area contributed by atoms with Gasteiger partial charge in [-0.3, -0.25) is 24.0 Å². The van der Waals surface area contributed by atoms with Crippen molar-refractivity contribution >= 4 is 29.6 Å². The van der Waals surface area contributed by atoms with Crippen LogP contribution in [0.25, 0.3) is 0 Å². The summed E-state index contributed by atoms with van der Waals surface area (Å²) in [4.78, 5) is 56.9. The van der Waals surface area contributed by atoms with Crippen LogP contribution in [0.5, 0.6) is 0 Å². The van der Waals surface area contributed by atoms with Crippen molar-refractivity contribution < 1.29 is 29.1 Å². The standard InChI is InChI=1S/C15H27N5O6/c1-9(21)19-11(5-6-13(23)24)15(26)18-8-12(22)20-10(14(17)25)4-2-3-7-16/h10-11H,2-8,16H2,1H3,(H2,17,25)(H,18,26)(H,19,21)(H,20,22)(H,23,24). The minimum Gasteiger partial charge on any atom is -0.481 e. The number of carboxylic acids is 1. The summed E-state index contributed by atoms with van der Waals surface area (Å²) < 4.78 is 0. The molecule has 26 heavy (non-hydrogen) atoms. The molecule has 4 amide bonds. The summed E-state index contributed by atoms with van der Waals surface area (Å²) in [5.41, 5.74) is 10.6. The van der Waals surface area contributed by atoms with E-state index in [0.29, 0.717) is 25.8 Å². The number of primary amides is 1. The summed E-state index contributed by atoms with van der Waals surface area (Å²) in [6.07, 6.45) is 1.18. The molecule has 148 valence electrons.